The summed E-state index contributed by atoms with van der Waals surface area (Å²) >= 11 is 0. The first-order chi connectivity index (χ1) is 10.0. The predicted octanol–water partition coefficient (Wildman–Crippen LogP) is 0.365. The summed E-state index contributed by atoms with van der Waals surface area (Å²) in [6, 6.07) is 4.66. The van der Waals surface area contributed by atoms with Gasteiger partial charge in [-0.15, -0.1) is 0 Å². The maximum Gasteiger partial charge on any atom is 0.308 e. The van der Waals surface area contributed by atoms with Gasteiger partial charge in [0, 0.05) is 0 Å². The minimum atomic E-state index is -1.29. The molecule has 0 aliphatic carbocycles. The number of fused-ring (bicyclic) bond motifs is 1. The lowest BCUT2D eigenvalue weighted by Gasteiger charge is -2.22. The molecule has 114 valence electrons. The maximum absolute atomic E-state index is 11.3. The highest BCUT2D eigenvalue weighted by Crippen LogP contribution is 2.31. The Morgan fingerprint density at radius 3 is 2.95 bits per heavy atom. The highest BCUT2D eigenvalue weighted by molar-refractivity contribution is 5.95. The zero-order valence-electron chi connectivity index (χ0n) is 11.5. The number of hydrogen-bond acceptors (Lipinski definition) is 6. The Kier molecular flexibility index (Phi) is 4.77. The molecule has 0 bridgehead atoms. The molecule has 1 amide bonds. The van der Waals surface area contributed by atoms with Crippen LogP contribution in [0.1, 0.15) is 25.0 Å². The van der Waals surface area contributed by atoms with Crippen LogP contribution in [0.4, 0.5) is 5.69 Å². The summed E-state index contributed by atoms with van der Waals surface area (Å²) in [4.78, 5) is 22.5. The van der Waals surface area contributed by atoms with E-state index in [0.29, 0.717) is 17.0 Å². The van der Waals surface area contributed by atoms with Crippen molar-refractivity contribution in [3.63, 3.8) is 0 Å². The van der Waals surface area contributed by atoms with Gasteiger partial charge in [0.2, 0.25) is 0 Å². The van der Waals surface area contributed by atoms with Gasteiger partial charge in [0.25, 0.3) is 5.91 Å². The molecule has 7 nitrogen and oxygen atoms in total. The molecule has 1 aliphatic rings. The van der Waals surface area contributed by atoms with Crippen molar-refractivity contribution in [1.82, 2.24) is 0 Å². The quantitative estimate of drug-likeness (QED) is 0.678. The van der Waals surface area contributed by atoms with Gasteiger partial charge >= 0.3 is 5.97 Å². The van der Waals surface area contributed by atoms with Gasteiger partial charge in [-0.3, -0.25) is 9.59 Å². The minimum Gasteiger partial charge on any atom is -0.482 e. The average Bonchev–Trinajstić information content (AvgIpc) is 2.45. The molecule has 2 unspecified atom stereocenters. The van der Waals surface area contributed by atoms with Crippen LogP contribution >= 0.6 is 0 Å². The number of nitrogens with one attached hydrogen (secondary N) is 1. The first-order valence-electron chi connectivity index (χ1n) is 6.59. The molecule has 3 N–H and O–H groups in total. The normalized spacial score (nSPS) is 16.2. The summed E-state index contributed by atoms with van der Waals surface area (Å²) in [5.74, 6) is -0.384. The van der Waals surface area contributed by atoms with Gasteiger partial charge < -0.3 is 25.0 Å². The third-order valence-electron chi connectivity index (χ3n) is 3.02. The van der Waals surface area contributed by atoms with E-state index in [1.165, 1.54) is 6.07 Å². The molecule has 21 heavy (non-hydrogen) atoms. The number of carbonyl (C=O) groups is 2. The first-order valence-corrected chi connectivity index (χ1v) is 6.59. The van der Waals surface area contributed by atoms with Crippen LogP contribution in [0, 0.1) is 0 Å². The summed E-state index contributed by atoms with van der Waals surface area (Å²) in [5.41, 5.74) is 0.794. The minimum absolute atomic E-state index is 0.0552. The van der Waals surface area contributed by atoms with E-state index >= 15 is 0 Å². The van der Waals surface area contributed by atoms with E-state index in [1.807, 2.05) is 0 Å². The van der Waals surface area contributed by atoms with Crippen molar-refractivity contribution >= 4 is 17.6 Å². The van der Waals surface area contributed by atoms with E-state index in [1.54, 1.807) is 19.1 Å². The summed E-state index contributed by atoms with van der Waals surface area (Å²) in [7, 11) is 0. The highest BCUT2D eigenvalue weighted by Gasteiger charge is 2.24. The number of hydrogen-bond donors (Lipinski definition) is 3. The average molecular weight is 295 g/mol. The van der Waals surface area contributed by atoms with Gasteiger partial charge in [-0.1, -0.05) is 6.07 Å². The fourth-order valence-corrected chi connectivity index (χ4v) is 2.01. The van der Waals surface area contributed by atoms with Crippen molar-refractivity contribution in [2.75, 3.05) is 18.5 Å². The van der Waals surface area contributed by atoms with Crippen molar-refractivity contribution in [3.8, 4) is 5.75 Å². The molecule has 0 radical (unpaired) electrons. The van der Waals surface area contributed by atoms with Crippen LogP contribution in [-0.4, -0.2) is 41.4 Å². The van der Waals surface area contributed by atoms with E-state index in [2.05, 4.69) is 5.32 Å². The zero-order valence-corrected chi connectivity index (χ0v) is 11.5. The molecule has 7 heteroatoms. The van der Waals surface area contributed by atoms with Crippen LogP contribution in [0.3, 0.4) is 0 Å². The Balaban J connectivity index is 2.08. The van der Waals surface area contributed by atoms with Crippen molar-refractivity contribution in [3.05, 3.63) is 23.8 Å². The molecule has 2 rings (SSSR count). The molecule has 1 aliphatic heterocycles. The van der Waals surface area contributed by atoms with Gasteiger partial charge in [0.15, 0.2) is 6.61 Å². The maximum atomic E-state index is 11.3. The molecule has 0 spiro atoms. The van der Waals surface area contributed by atoms with E-state index in [-0.39, 0.29) is 25.5 Å². The molecule has 0 saturated carbocycles. The van der Waals surface area contributed by atoms with E-state index in [4.69, 9.17) is 9.47 Å². The molecule has 1 aromatic rings. The number of ether oxygens (including phenoxy) is 2. The summed E-state index contributed by atoms with van der Waals surface area (Å²) in [6.07, 6.45) is -2.87. The van der Waals surface area contributed by atoms with Crippen molar-refractivity contribution < 1.29 is 29.3 Å². The second-order valence-electron chi connectivity index (χ2n) is 4.61. The standard InChI is InChI=1S/C14H17NO6/c1-2-20-13(18)6-10(16)14(19)8-3-4-11-9(5-8)15-12(17)7-21-11/h3-5,10,14,16,19H,2,6-7H2,1H3,(H,15,17). The Morgan fingerprint density at radius 2 is 2.24 bits per heavy atom. The van der Waals surface area contributed by atoms with Crippen LogP contribution in [0.15, 0.2) is 18.2 Å². The Morgan fingerprint density at radius 1 is 1.48 bits per heavy atom. The lowest BCUT2D eigenvalue weighted by molar-refractivity contribution is -0.147. The third kappa shape index (κ3) is 3.71. The van der Waals surface area contributed by atoms with E-state index < -0.39 is 18.2 Å². The molecule has 0 saturated heterocycles. The first kappa shape index (κ1) is 15.3. The fourth-order valence-electron chi connectivity index (χ4n) is 2.01. The van der Waals surface area contributed by atoms with Crippen LogP contribution in [0.2, 0.25) is 0 Å². The van der Waals surface area contributed by atoms with Crippen LogP contribution < -0.4 is 10.1 Å². The van der Waals surface area contributed by atoms with E-state index in [0.717, 1.165) is 0 Å². The van der Waals surface area contributed by atoms with Crippen molar-refractivity contribution in [2.45, 2.75) is 25.6 Å². The predicted molar refractivity (Wildman–Crippen MR) is 72.8 cm³/mol. The molecule has 2 atom stereocenters. The number of anilines is 1. The van der Waals surface area contributed by atoms with Crippen molar-refractivity contribution in [1.29, 1.82) is 0 Å². The molecule has 0 aromatic heterocycles. The number of aliphatic hydroxyl groups excluding tert-OH is 2. The Bertz CT molecular complexity index is 544. The Hall–Kier alpha value is -2.12. The van der Waals surface area contributed by atoms with Crippen LogP contribution in [0.25, 0.3) is 0 Å². The Labute approximate surface area is 121 Å². The van der Waals surface area contributed by atoms with Crippen LogP contribution in [-0.2, 0) is 14.3 Å². The van der Waals surface area contributed by atoms with E-state index in [9.17, 15) is 19.8 Å². The number of rotatable bonds is 5. The topological polar surface area (TPSA) is 105 Å². The van der Waals surface area contributed by atoms with Gasteiger partial charge in [-0.05, 0) is 24.6 Å². The highest BCUT2D eigenvalue weighted by atomic mass is 16.5. The SMILES string of the molecule is CCOC(=O)CC(O)C(O)c1ccc2c(c1)NC(=O)CO2. The summed E-state index contributed by atoms with van der Waals surface area (Å²) in [6.45, 7) is 1.82. The third-order valence-corrected chi connectivity index (χ3v) is 3.02. The lowest BCUT2D eigenvalue weighted by Crippen LogP contribution is -2.26. The van der Waals surface area contributed by atoms with Gasteiger partial charge in [0.1, 0.15) is 11.9 Å². The van der Waals surface area contributed by atoms with Crippen LogP contribution in [0.5, 0.6) is 5.75 Å². The van der Waals surface area contributed by atoms with Gasteiger partial charge in [0.05, 0.1) is 24.8 Å². The van der Waals surface area contributed by atoms with Gasteiger partial charge in [-0.25, -0.2) is 0 Å². The fraction of sp³-hybridized carbons (Fsp3) is 0.429. The number of esters is 1. The molecule has 0 fully saturated rings. The second kappa shape index (κ2) is 6.55. The monoisotopic (exact) mass is 295 g/mol. The second-order valence-corrected chi connectivity index (χ2v) is 4.61. The number of amides is 1. The largest absolute Gasteiger partial charge is 0.482 e. The molecule has 1 aromatic carbocycles. The number of aliphatic hydroxyl groups is 2. The molecule has 1 heterocycles. The molecular formula is C14H17NO6. The summed E-state index contributed by atoms with van der Waals surface area (Å²) in [5, 5.41) is 22.5. The zero-order chi connectivity index (χ0) is 15.4. The smallest absolute Gasteiger partial charge is 0.308 e. The number of carbonyl (C=O) groups excluding carboxylic acids is 2. The van der Waals surface area contributed by atoms with Crippen molar-refractivity contribution in [2.24, 2.45) is 0 Å². The number of benzene rings is 1. The summed E-state index contributed by atoms with van der Waals surface area (Å²) < 4.78 is 9.91. The lowest BCUT2D eigenvalue weighted by atomic mass is 10.0. The van der Waals surface area contributed by atoms with Gasteiger partial charge in [-0.2, -0.15) is 0 Å². The molecular weight excluding hydrogens is 278 g/mol.